The molecule has 3 nitrogen and oxygen atoms in total. The Hall–Kier alpha value is -0.590. The van der Waals surface area contributed by atoms with Crippen molar-refractivity contribution in [3.05, 3.63) is 0 Å². The van der Waals surface area contributed by atoms with Crippen LogP contribution in [0.5, 0.6) is 0 Å². The van der Waals surface area contributed by atoms with Crippen molar-refractivity contribution in [1.29, 1.82) is 5.26 Å². The van der Waals surface area contributed by atoms with Gasteiger partial charge < -0.3 is 10.6 Å². The number of piperidine rings is 1. The van der Waals surface area contributed by atoms with E-state index in [-0.39, 0.29) is 5.41 Å². The molecule has 2 N–H and O–H groups in total. The van der Waals surface area contributed by atoms with E-state index in [1.54, 1.807) is 0 Å². The van der Waals surface area contributed by atoms with Gasteiger partial charge >= 0.3 is 0 Å². The lowest BCUT2D eigenvalue weighted by Gasteiger charge is -2.24. The number of nitrogens with one attached hydrogen (secondary N) is 2. The lowest BCUT2D eigenvalue weighted by atomic mass is 9.94. The van der Waals surface area contributed by atoms with Gasteiger partial charge in [-0.05, 0) is 52.2 Å². The second-order valence-electron chi connectivity index (χ2n) is 4.82. The molecule has 0 amide bonds. The zero-order chi connectivity index (χ0) is 10.4. The van der Waals surface area contributed by atoms with Crippen molar-refractivity contribution in [2.75, 3.05) is 26.2 Å². The molecule has 14 heavy (non-hydrogen) atoms. The SMILES string of the molecule is CC(C)(C#N)CNCC1CCNCC1. The number of hydrogen-bond acceptors (Lipinski definition) is 3. The molecule has 0 saturated carbocycles. The molecule has 0 spiro atoms. The Morgan fingerprint density at radius 1 is 1.43 bits per heavy atom. The molecule has 0 unspecified atom stereocenters. The topological polar surface area (TPSA) is 47.9 Å². The Labute approximate surface area is 86.9 Å². The van der Waals surface area contributed by atoms with Crippen LogP contribution in [-0.2, 0) is 0 Å². The molecule has 0 atom stereocenters. The van der Waals surface area contributed by atoms with Gasteiger partial charge in [0.05, 0.1) is 11.5 Å². The third-order valence-electron chi connectivity index (χ3n) is 2.76. The van der Waals surface area contributed by atoms with Crippen LogP contribution < -0.4 is 10.6 Å². The monoisotopic (exact) mass is 195 g/mol. The second kappa shape index (κ2) is 5.33. The van der Waals surface area contributed by atoms with Crippen molar-refractivity contribution in [2.24, 2.45) is 11.3 Å². The third-order valence-corrected chi connectivity index (χ3v) is 2.76. The molecule has 0 aromatic rings. The Morgan fingerprint density at radius 3 is 2.64 bits per heavy atom. The van der Waals surface area contributed by atoms with Crippen LogP contribution in [0.2, 0.25) is 0 Å². The summed E-state index contributed by atoms with van der Waals surface area (Å²) in [6, 6.07) is 2.30. The third kappa shape index (κ3) is 4.08. The highest BCUT2D eigenvalue weighted by Crippen LogP contribution is 2.13. The lowest BCUT2D eigenvalue weighted by Crippen LogP contribution is -2.36. The second-order valence-corrected chi connectivity index (χ2v) is 4.82. The van der Waals surface area contributed by atoms with Crippen molar-refractivity contribution < 1.29 is 0 Å². The molecule has 1 fully saturated rings. The maximum Gasteiger partial charge on any atom is 0.0697 e. The van der Waals surface area contributed by atoms with Gasteiger partial charge in [0.2, 0.25) is 0 Å². The summed E-state index contributed by atoms with van der Waals surface area (Å²) >= 11 is 0. The first-order valence-electron chi connectivity index (χ1n) is 5.47. The fourth-order valence-corrected chi connectivity index (χ4v) is 1.71. The largest absolute Gasteiger partial charge is 0.317 e. The molecule has 0 bridgehead atoms. The smallest absolute Gasteiger partial charge is 0.0697 e. The molecule has 0 aromatic carbocycles. The van der Waals surface area contributed by atoms with Crippen molar-refractivity contribution in [2.45, 2.75) is 26.7 Å². The molecule has 1 heterocycles. The van der Waals surface area contributed by atoms with E-state index in [1.807, 2.05) is 13.8 Å². The van der Waals surface area contributed by atoms with Gasteiger partial charge in [-0.25, -0.2) is 0 Å². The summed E-state index contributed by atoms with van der Waals surface area (Å²) in [7, 11) is 0. The van der Waals surface area contributed by atoms with E-state index >= 15 is 0 Å². The molecular weight excluding hydrogens is 174 g/mol. The molecule has 1 aliphatic rings. The van der Waals surface area contributed by atoms with Crippen LogP contribution in [0.1, 0.15) is 26.7 Å². The average molecular weight is 195 g/mol. The van der Waals surface area contributed by atoms with Crippen LogP contribution in [0.3, 0.4) is 0 Å². The first-order valence-corrected chi connectivity index (χ1v) is 5.47. The van der Waals surface area contributed by atoms with Crippen LogP contribution in [-0.4, -0.2) is 26.2 Å². The van der Waals surface area contributed by atoms with Crippen LogP contribution in [0.15, 0.2) is 0 Å². The normalized spacial score (nSPS) is 19.2. The quantitative estimate of drug-likeness (QED) is 0.707. The van der Waals surface area contributed by atoms with E-state index in [0.29, 0.717) is 0 Å². The first-order chi connectivity index (χ1) is 6.64. The predicted molar refractivity (Wildman–Crippen MR) is 57.9 cm³/mol. The molecule has 3 heteroatoms. The van der Waals surface area contributed by atoms with E-state index in [9.17, 15) is 0 Å². The molecule has 1 aliphatic heterocycles. The first kappa shape index (κ1) is 11.5. The van der Waals surface area contributed by atoms with Crippen LogP contribution in [0.4, 0.5) is 0 Å². The Balaban J connectivity index is 2.12. The highest BCUT2D eigenvalue weighted by molar-refractivity contribution is 4.93. The van der Waals surface area contributed by atoms with E-state index in [2.05, 4.69) is 16.7 Å². The van der Waals surface area contributed by atoms with Crippen molar-refractivity contribution in [3.8, 4) is 6.07 Å². The minimum atomic E-state index is -0.229. The highest BCUT2D eigenvalue weighted by atomic mass is 14.9. The van der Waals surface area contributed by atoms with Crippen LogP contribution in [0, 0.1) is 22.7 Å². The van der Waals surface area contributed by atoms with Crippen LogP contribution >= 0.6 is 0 Å². The van der Waals surface area contributed by atoms with E-state index in [0.717, 1.165) is 32.1 Å². The molecule has 0 radical (unpaired) electrons. The standard InChI is InChI=1S/C11H21N3/c1-11(2,8-12)9-14-7-10-3-5-13-6-4-10/h10,13-14H,3-7,9H2,1-2H3. The molecule has 1 saturated heterocycles. The van der Waals surface area contributed by atoms with E-state index in [1.165, 1.54) is 12.8 Å². The number of rotatable bonds is 4. The maximum absolute atomic E-state index is 8.83. The Kier molecular flexibility index (Phi) is 4.37. The molecule has 0 aromatic heterocycles. The zero-order valence-electron chi connectivity index (χ0n) is 9.27. The predicted octanol–water partition coefficient (Wildman–Crippen LogP) is 1.13. The fraction of sp³-hybridized carbons (Fsp3) is 0.909. The number of nitrogens with zero attached hydrogens (tertiary/aromatic N) is 1. The van der Waals surface area contributed by atoms with E-state index < -0.39 is 0 Å². The van der Waals surface area contributed by atoms with Gasteiger partial charge in [-0.1, -0.05) is 0 Å². The summed E-state index contributed by atoms with van der Waals surface area (Å²) in [5, 5.41) is 15.6. The Bertz CT molecular complexity index is 199. The van der Waals surface area contributed by atoms with Gasteiger partial charge in [0.25, 0.3) is 0 Å². The van der Waals surface area contributed by atoms with E-state index in [4.69, 9.17) is 5.26 Å². The minimum Gasteiger partial charge on any atom is -0.317 e. The van der Waals surface area contributed by atoms with Gasteiger partial charge in [-0.2, -0.15) is 5.26 Å². The van der Waals surface area contributed by atoms with Crippen LogP contribution in [0.25, 0.3) is 0 Å². The molecule has 0 aliphatic carbocycles. The van der Waals surface area contributed by atoms with Crippen molar-refractivity contribution in [1.82, 2.24) is 10.6 Å². The van der Waals surface area contributed by atoms with Gasteiger partial charge in [0.15, 0.2) is 0 Å². The summed E-state index contributed by atoms with van der Waals surface area (Å²) in [6.07, 6.45) is 2.53. The fourth-order valence-electron chi connectivity index (χ4n) is 1.71. The van der Waals surface area contributed by atoms with Gasteiger partial charge in [-0.3, -0.25) is 0 Å². The summed E-state index contributed by atoms with van der Waals surface area (Å²) in [5.74, 6) is 0.797. The molecular formula is C11H21N3. The Morgan fingerprint density at radius 2 is 2.07 bits per heavy atom. The summed E-state index contributed by atoms with van der Waals surface area (Å²) in [5.41, 5.74) is -0.229. The van der Waals surface area contributed by atoms with Crippen molar-refractivity contribution in [3.63, 3.8) is 0 Å². The minimum absolute atomic E-state index is 0.229. The summed E-state index contributed by atoms with van der Waals surface area (Å²) in [4.78, 5) is 0. The maximum atomic E-state index is 8.83. The average Bonchev–Trinajstić information content (AvgIpc) is 2.19. The van der Waals surface area contributed by atoms with Crippen molar-refractivity contribution >= 4 is 0 Å². The van der Waals surface area contributed by atoms with Gasteiger partial charge in [0, 0.05) is 6.54 Å². The van der Waals surface area contributed by atoms with Gasteiger partial charge in [0.1, 0.15) is 0 Å². The highest BCUT2D eigenvalue weighted by Gasteiger charge is 2.17. The lowest BCUT2D eigenvalue weighted by molar-refractivity contribution is 0.337. The molecule has 1 rings (SSSR count). The zero-order valence-corrected chi connectivity index (χ0v) is 9.27. The summed E-state index contributed by atoms with van der Waals surface area (Å²) in [6.45, 7) is 8.10. The van der Waals surface area contributed by atoms with Gasteiger partial charge in [-0.15, -0.1) is 0 Å². The molecule has 80 valence electrons. The summed E-state index contributed by atoms with van der Waals surface area (Å²) < 4.78 is 0. The number of nitriles is 1. The number of hydrogen-bond donors (Lipinski definition) is 2.